The van der Waals surface area contributed by atoms with Gasteiger partial charge in [0.15, 0.2) is 0 Å². The summed E-state index contributed by atoms with van der Waals surface area (Å²) in [6.45, 7) is 2.23. The fourth-order valence-electron chi connectivity index (χ4n) is 3.04. The molecular weight excluding hydrogens is 222 g/mol. The summed E-state index contributed by atoms with van der Waals surface area (Å²) >= 11 is 0. The zero-order valence-electron chi connectivity index (χ0n) is 11.9. The van der Waals surface area contributed by atoms with Crippen LogP contribution in [0.25, 0.3) is 0 Å². The number of hydrogen-bond donors (Lipinski definition) is 1. The monoisotopic (exact) mass is 249 g/mol. The average molecular weight is 249 g/mol. The number of rotatable bonds is 5. The van der Waals surface area contributed by atoms with Gasteiger partial charge >= 0.3 is 0 Å². The maximum atomic E-state index is 6.19. The van der Waals surface area contributed by atoms with E-state index >= 15 is 0 Å². The smallest absolute Gasteiger partial charge is 0.126 e. The standard InChI is InChI=1S/C15H27N3/c1-3-4-6-11-13-14(16)18(2)15(17-13)12-9-7-5-8-10-12/h12H,3-11,16H2,1-2H3. The van der Waals surface area contributed by atoms with E-state index in [0.717, 1.165) is 17.9 Å². The van der Waals surface area contributed by atoms with Crippen LogP contribution in [0, 0.1) is 0 Å². The lowest BCUT2D eigenvalue weighted by molar-refractivity contribution is 0.421. The van der Waals surface area contributed by atoms with Gasteiger partial charge in [0.1, 0.15) is 11.6 Å². The van der Waals surface area contributed by atoms with Gasteiger partial charge in [-0.1, -0.05) is 39.0 Å². The first-order chi connectivity index (χ1) is 8.74. The predicted molar refractivity (Wildman–Crippen MR) is 76.7 cm³/mol. The summed E-state index contributed by atoms with van der Waals surface area (Å²) in [4.78, 5) is 4.84. The minimum atomic E-state index is 0.644. The van der Waals surface area contributed by atoms with Crippen molar-refractivity contribution in [3.63, 3.8) is 0 Å². The third-order valence-electron chi connectivity index (χ3n) is 4.24. The van der Waals surface area contributed by atoms with Gasteiger partial charge in [-0.05, 0) is 25.7 Å². The second kappa shape index (κ2) is 6.26. The molecule has 1 heterocycles. The van der Waals surface area contributed by atoms with Gasteiger partial charge in [-0.15, -0.1) is 0 Å². The van der Waals surface area contributed by atoms with Crippen LogP contribution in [0.3, 0.4) is 0 Å². The minimum Gasteiger partial charge on any atom is -0.384 e. The minimum absolute atomic E-state index is 0.644. The van der Waals surface area contributed by atoms with Gasteiger partial charge in [-0.25, -0.2) is 4.98 Å². The average Bonchev–Trinajstić information content (AvgIpc) is 2.68. The Kier molecular flexibility index (Phi) is 4.67. The van der Waals surface area contributed by atoms with Gasteiger partial charge in [0.2, 0.25) is 0 Å². The Labute approximate surface area is 111 Å². The molecule has 2 rings (SSSR count). The third-order valence-corrected chi connectivity index (χ3v) is 4.24. The van der Waals surface area contributed by atoms with Crippen LogP contribution in [-0.4, -0.2) is 9.55 Å². The second-order valence-electron chi connectivity index (χ2n) is 5.65. The van der Waals surface area contributed by atoms with Gasteiger partial charge in [0.05, 0.1) is 5.69 Å². The van der Waals surface area contributed by atoms with E-state index < -0.39 is 0 Å². The SMILES string of the molecule is CCCCCc1nc(C2CCCCC2)n(C)c1N. The molecule has 2 N–H and O–H groups in total. The Hall–Kier alpha value is -0.990. The molecule has 3 nitrogen and oxygen atoms in total. The second-order valence-corrected chi connectivity index (χ2v) is 5.65. The fourth-order valence-corrected chi connectivity index (χ4v) is 3.04. The van der Waals surface area contributed by atoms with E-state index in [1.807, 2.05) is 0 Å². The van der Waals surface area contributed by atoms with Crippen LogP contribution in [0.1, 0.15) is 75.7 Å². The quantitative estimate of drug-likeness (QED) is 0.807. The molecule has 0 atom stereocenters. The first kappa shape index (κ1) is 13.4. The van der Waals surface area contributed by atoms with Crippen molar-refractivity contribution in [3.8, 4) is 0 Å². The fraction of sp³-hybridized carbons (Fsp3) is 0.800. The van der Waals surface area contributed by atoms with E-state index in [-0.39, 0.29) is 0 Å². The molecule has 1 aromatic rings. The summed E-state index contributed by atoms with van der Waals surface area (Å²) in [5.41, 5.74) is 7.32. The number of hydrogen-bond acceptors (Lipinski definition) is 2. The molecule has 0 spiro atoms. The van der Waals surface area contributed by atoms with Gasteiger partial charge < -0.3 is 10.3 Å². The molecule has 0 aromatic carbocycles. The number of imidazole rings is 1. The summed E-state index contributed by atoms with van der Waals surface area (Å²) in [6, 6.07) is 0. The van der Waals surface area contributed by atoms with E-state index in [0.29, 0.717) is 5.92 Å². The maximum Gasteiger partial charge on any atom is 0.126 e. The Morgan fingerprint density at radius 2 is 1.94 bits per heavy atom. The van der Waals surface area contributed by atoms with E-state index in [9.17, 15) is 0 Å². The molecule has 0 unspecified atom stereocenters. The van der Waals surface area contributed by atoms with Crippen LogP contribution in [0.15, 0.2) is 0 Å². The number of aryl methyl sites for hydroxylation is 1. The van der Waals surface area contributed by atoms with Crippen LogP contribution < -0.4 is 5.73 Å². The molecule has 0 bridgehead atoms. The largest absolute Gasteiger partial charge is 0.384 e. The lowest BCUT2D eigenvalue weighted by Crippen LogP contribution is -2.11. The van der Waals surface area contributed by atoms with Gasteiger partial charge in [0, 0.05) is 13.0 Å². The zero-order chi connectivity index (χ0) is 13.0. The predicted octanol–water partition coefficient (Wildman–Crippen LogP) is 3.78. The Balaban J connectivity index is 2.08. The van der Waals surface area contributed by atoms with Crippen LogP contribution in [0.5, 0.6) is 0 Å². The van der Waals surface area contributed by atoms with Crippen molar-refractivity contribution in [1.82, 2.24) is 9.55 Å². The van der Waals surface area contributed by atoms with E-state index in [1.54, 1.807) is 0 Å². The number of nitrogen functional groups attached to an aromatic ring is 1. The highest BCUT2D eigenvalue weighted by molar-refractivity contribution is 5.38. The highest BCUT2D eigenvalue weighted by Gasteiger charge is 2.22. The first-order valence-electron chi connectivity index (χ1n) is 7.55. The number of nitrogens with two attached hydrogens (primary N) is 1. The van der Waals surface area contributed by atoms with E-state index in [2.05, 4.69) is 18.5 Å². The molecule has 3 heteroatoms. The highest BCUT2D eigenvalue weighted by atomic mass is 15.1. The molecule has 1 aliphatic rings. The molecule has 0 saturated heterocycles. The van der Waals surface area contributed by atoms with Crippen LogP contribution in [0.4, 0.5) is 5.82 Å². The molecule has 1 aliphatic carbocycles. The number of unbranched alkanes of at least 4 members (excludes halogenated alkanes) is 2. The molecule has 0 radical (unpaired) electrons. The number of anilines is 1. The van der Waals surface area contributed by atoms with Gasteiger partial charge in [0.25, 0.3) is 0 Å². The Morgan fingerprint density at radius 1 is 1.22 bits per heavy atom. The summed E-state index contributed by atoms with van der Waals surface area (Å²) in [7, 11) is 2.08. The molecule has 1 saturated carbocycles. The van der Waals surface area contributed by atoms with Crippen molar-refractivity contribution in [1.29, 1.82) is 0 Å². The van der Waals surface area contributed by atoms with E-state index in [1.165, 1.54) is 57.2 Å². The Morgan fingerprint density at radius 3 is 2.61 bits per heavy atom. The van der Waals surface area contributed by atoms with Crippen LogP contribution in [0.2, 0.25) is 0 Å². The summed E-state index contributed by atoms with van der Waals surface area (Å²) in [5.74, 6) is 2.77. The van der Waals surface area contributed by atoms with Crippen LogP contribution in [-0.2, 0) is 13.5 Å². The molecule has 1 fully saturated rings. The zero-order valence-corrected chi connectivity index (χ0v) is 11.9. The van der Waals surface area contributed by atoms with Crippen LogP contribution >= 0.6 is 0 Å². The van der Waals surface area contributed by atoms with Crippen molar-refractivity contribution in [3.05, 3.63) is 11.5 Å². The van der Waals surface area contributed by atoms with Gasteiger partial charge in [-0.3, -0.25) is 0 Å². The third kappa shape index (κ3) is 2.88. The lowest BCUT2D eigenvalue weighted by atomic mass is 9.89. The van der Waals surface area contributed by atoms with Gasteiger partial charge in [-0.2, -0.15) is 0 Å². The molecule has 0 aliphatic heterocycles. The van der Waals surface area contributed by atoms with Crippen molar-refractivity contribution < 1.29 is 0 Å². The lowest BCUT2D eigenvalue weighted by Gasteiger charge is -2.21. The molecule has 18 heavy (non-hydrogen) atoms. The molecule has 0 amide bonds. The maximum absolute atomic E-state index is 6.19. The number of aromatic nitrogens is 2. The summed E-state index contributed by atoms with van der Waals surface area (Å²) < 4.78 is 2.14. The first-order valence-corrected chi connectivity index (χ1v) is 7.55. The normalized spacial score (nSPS) is 17.2. The van der Waals surface area contributed by atoms with E-state index in [4.69, 9.17) is 10.7 Å². The van der Waals surface area contributed by atoms with Crippen molar-refractivity contribution in [2.45, 2.75) is 70.6 Å². The summed E-state index contributed by atoms with van der Waals surface area (Å²) in [6.07, 6.45) is 11.4. The summed E-state index contributed by atoms with van der Waals surface area (Å²) in [5, 5.41) is 0. The molecule has 102 valence electrons. The topological polar surface area (TPSA) is 43.8 Å². The number of nitrogens with zero attached hydrogens (tertiary/aromatic N) is 2. The molecular formula is C15H27N3. The highest BCUT2D eigenvalue weighted by Crippen LogP contribution is 2.33. The van der Waals surface area contributed by atoms with Crippen molar-refractivity contribution in [2.75, 3.05) is 5.73 Å². The molecule has 1 aromatic heterocycles. The Bertz CT molecular complexity index is 375. The van der Waals surface area contributed by atoms with Crippen molar-refractivity contribution >= 4 is 5.82 Å². The van der Waals surface area contributed by atoms with Crippen molar-refractivity contribution in [2.24, 2.45) is 7.05 Å².